The molecule has 0 bridgehead atoms. The molecule has 4 saturated carbocycles. The Balaban J connectivity index is 0.851. The Morgan fingerprint density at radius 3 is 1.84 bits per heavy atom. The Morgan fingerprint density at radius 1 is 0.679 bits per heavy atom. The van der Waals surface area contributed by atoms with Gasteiger partial charge in [0.1, 0.15) is 24.9 Å². The van der Waals surface area contributed by atoms with Crippen LogP contribution >= 0.6 is 0 Å². The van der Waals surface area contributed by atoms with Gasteiger partial charge in [-0.2, -0.15) is 0 Å². The van der Waals surface area contributed by atoms with Crippen molar-refractivity contribution in [3.63, 3.8) is 0 Å². The fraction of sp³-hybridized carbons (Fsp3) is 0.930. The SMILES string of the molecule is C[C@H]1O[C@@H](O[C@H]2[C@@H](O)C[C@H](O[C@H]3[C@@H](O)C[C@H](O[C@H]4CC[C@@]5(C)[C@H](CC[C@]6(C)[C@@H]5C[C@@H](O)[C@]5(C)[C@@H](C7=CC(=O)OC7)CC[C@@]56C)C4)O[C@@H]3C)O[C@@H]2C)C[C@H](O)[C@@H]1O. The van der Waals surface area contributed by atoms with E-state index in [1.54, 1.807) is 19.9 Å². The van der Waals surface area contributed by atoms with E-state index in [-0.39, 0.29) is 58.9 Å². The number of hydrogen-bond acceptors (Lipinski definition) is 13. The van der Waals surface area contributed by atoms with Crippen LogP contribution in [0.4, 0.5) is 0 Å². The molecule has 0 radical (unpaired) electrons. The molecule has 21 atom stereocenters. The van der Waals surface area contributed by atoms with Crippen molar-refractivity contribution in [1.29, 1.82) is 0 Å². The molecule has 0 spiro atoms. The zero-order chi connectivity index (χ0) is 40.1. The van der Waals surface area contributed by atoms with Crippen molar-refractivity contribution in [3.8, 4) is 0 Å². The third kappa shape index (κ3) is 6.66. The molecule has 13 heteroatoms. The van der Waals surface area contributed by atoms with Gasteiger partial charge in [-0.1, -0.05) is 27.7 Å². The standard InChI is InChI=1S/C43H68O13/c1-21-37(49)28(44)16-35(51-21)55-39-23(3)53-36(18-30(39)46)56-38-22(2)52-34(17-29(38)45)54-26-9-11-40(4)25(15-26)8-12-41(5)31(40)19-32(47)43(7)27(10-13-42(41,43)6)24-14-33(48)50-20-24/h14,21-23,25-32,34-39,44-47,49H,8-13,15-20H2,1-7H3/t21-,22-,23-,25-,26+,27-,28+,29+,30+,31-,32-,34+,35+,36+,37-,38-,39-,40+,41-,42-,43+/m1/s1. The molecule has 0 aromatic carbocycles. The van der Waals surface area contributed by atoms with E-state index in [2.05, 4.69) is 27.7 Å². The van der Waals surface area contributed by atoms with Crippen LogP contribution in [0.5, 0.6) is 0 Å². The average molecular weight is 793 g/mol. The van der Waals surface area contributed by atoms with E-state index in [9.17, 15) is 30.3 Å². The predicted octanol–water partition coefficient (Wildman–Crippen LogP) is 3.88. The lowest BCUT2D eigenvalue weighted by atomic mass is 9.34. The lowest BCUT2D eigenvalue weighted by molar-refractivity contribution is -0.336. The summed E-state index contributed by atoms with van der Waals surface area (Å²) in [6.45, 7) is 15.4. The van der Waals surface area contributed by atoms with Gasteiger partial charge in [0.05, 0.1) is 48.8 Å². The first-order chi connectivity index (χ1) is 26.4. The summed E-state index contributed by atoms with van der Waals surface area (Å²) >= 11 is 0. The highest BCUT2D eigenvalue weighted by atomic mass is 16.7. The monoisotopic (exact) mass is 792 g/mol. The third-order valence-electron chi connectivity index (χ3n) is 17.4. The van der Waals surface area contributed by atoms with Gasteiger partial charge in [-0.15, -0.1) is 0 Å². The number of carbonyl (C=O) groups is 1. The largest absolute Gasteiger partial charge is 0.458 e. The highest BCUT2D eigenvalue weighted by Gasteiger charge is 2.73. The van der Waals surface area contributed by atoms with Gasteiger partial charge in [0, 0.05) is 30.8 Å². The van der Waals surface area contributed by atoms with Gasteiger partial charge in [-0.05, 0) is 112 Å². The first kappa shape index (κ1) is 41.5. The average Bonchev–Trinajstić information content (AvgIpc) is 3.69. The van der Waals surface area contributed by atoms with Crippen molar-refractivity contribution in [2.45, 2.75) is 205 Å². The summed E-state index contributed by atoms with van der Waals surface area (Å²) in [6, 6.07) is 0. The number of hydrogen-bond donors (Lipinski definition) is 5. The normalized spacial score (nSPS) is 56.1. The van der Waals surface area contributed by atoms with Gasteiger partial charge < -0.3 is 58.7 Å². The highest BCUT2D eigenvalue weighted by Crippen LogP contribution is 2.78. The van der Waals surface area contributed by atoms with Crippen LogP contribution in [-0.2, 0) is 38.0 Å². The van der Waals surface area contributed by atoms with E-state index in [4.69, 9.17) is 33.2 Å². The Kier molecular flexibility index (Phi) is 11.1. The summed E-state index contributed by atoms with van der Waals surface area (Å²) in [5.41, 5.74) is 0.785. The van der Waals surface area contributed by atoms with Gasteiger partial charge in [0.25, 0.3) is 0 Å². The van der Waals surface area contributed by atoms with E-state index in [0.29, 0.717) is 18.4 Å². The molecule has 7 fully saturated rings. The molecule has 4 aliphatic heterocycles. The maximum Gasteiger partial charge on any atom is 0.331 e. The Morgan fingerprint density at radius 2 is 1.27 bits per heavy atom. The fourth-order valence-corrected chi connectivity index (χ4v) is 13.8. The van der Waals surface area contributed by atoms with Gasteiger partial charge in [0.15, 0.2) is 18.9 Å². The number of aliphatic hydroxyl groups is 5. The lowest BCUT2D eigenvalue weighted by Crippen LogP contribution is -2.67. The van der Waals surface area contributed by atoms with Crippen molar-refractivity contribution in [3.05, 3.63) is 11.6 Å². The van der Waals surface area contributed by atoms with Gasteiger partial charge >= 0.3 is 5.97 Å². The van der Waals surface area contributed by atoms with Crippen LogP contribution in [0.3, 0.4) is 0 Å². The summed E-state index contributed by atoms with van der Waals surface area (Å²) in [5, 5.41) is 54.7. The van der Waals surface area contributed by atoms with Gasteiger partial charge in [0.2, 0.25) is 0 Å². The van der Waals surface area contributed by atoms with Gasteiger partial charge in [-0.25, -0.2) is 4.79 Å². The summed E-state index contributed by atoms with van der Waals surface area (Å²) in [6.07, 6.45) is 0.496. The van der Waals surface area contributed by atoms with E-state index in [1.807, 2.05) is 6.92 Å². The molecule has 4 heterocycles. The summed E-state index contributed by atoms with van der Waals surface area (Å²) in [7, 11) is 0. The first-order valence-corrected chi connectivity index (χ1v) is 21.6. The maximum atomic E-state index is 12.1. The summed E-state index contributed by atoms with van der Waals surface area (Å²) in [5.74, 6) is 0.721. The van der Waals surface area contributed by atoms with E-state index >= 15 is 0 Å². The minimum absolute atomic E-state index is 0.00600. The molecule has 8 aliphatic rings. The second kappa shape index (κ2) is 15.0. The molecule has 8 rings (SSSR count). The molecular weight excluding hydrogens is 724 g/mol. The maximum absolute atomic E-state index is 12.1. The van der Waals surface area contributed by atoms with Crippen LogP contribution in [0, 0.1) is 39.4 Å². The molecular formula is C43H68O13. The number of fused-ring (bicyclic) bond motifs is 5. The number of cyclic esters (lactones) is 1. The van der Waals surface area contributed by atoms with Gasteiger partial charge in [-0.3, -0.25) is 0 Å². The Bertz CT molecular complexity index is 1460. The first-order valence-electron chi connectivity index (χ1n) is 21.6. The zero-order valence-electron chi connectivity index (χ0n) is 34.4. The smallest absolute Gasteiger partial charge is 0.331 e. The molecule has 13 nitrogen and oxygen atoms in total. The molecule has 5 N–H and O–H groups in total. The number of esters is 1. The van der Waals surface area contributed by atoms with Crippen molar-refractivity contribution in [2.24, 2.45) is 39.4 Å². The molecule has 0 aromatic heterocycles. The second-order valence-electron chi connectivity index (χ2n) is 19.9. The minimum Gasteiger partial charge on any atom is -0.458 e. The molecule has 0 aromatic rings. The highest BCUT2D eigenvalue weighted by molar-refractivity contribution is 5.85. The van der Waals surface area contributed by atoms with E-state index in [0.717, 1.165) is 56.9 Å². The quantitative estimate of drug-likeness (QED) is 0.185. The van der Waals surface area contributed by atoms with E-state index < -0.39 is 79.9 Å². The lowest BCUT2D eigenvalue weighted by Gasteiger charge is -2.71. The predicted molar refractivity (Wildman–Crippen MR) is 200 cm³/mol. The van der Waals surface area contributed by atoms with Crippen LogP contribution < -0.4 is 0 Å². The molecule has 318 valence electrons. The Labute approximate surface area is 331 Å². The van der Waals surface area contributed by atoms with Crippen molar-refractivity contribution >= 4 is 5.97 Å². The third-order valence-corrected chi connectivity index (χ3v) is 17.4. The number of ether oxygens (including phenoxy) is 7. The number of rotatable bonds is 7. The molecule has 3 saturated heterocycles. The Hall–Kier alpha value is -1.23. The van der Waals surface area contributed by atoms with Crippen LogP contribution in [-0.4, -0.2) is 124 Å². The van der Waals surface area contributed by atoms with Crippen molar-refractivity contribution < 1.29 is 63.5 Å². The topological polar surface area (TPSA) is 183 Å². The molecule has 0 amide bonds. The van der Waals surface area contributed by atoms with Crippen LogP contribution in [0.1, 0.15) is 119 Å². The summed E-state index contributed by atoms with van der Waals surface area (Å²) in [4.78, 5) is 12.1. The minimum atomic E-state index is -0.998. The van der Waals surface area contributed by atoms with Crippen LogP contribution in [0.2, 0.25) is 0 Å². The van der Waals surface area contributed by atoms with E-state index in [1.165, 1.54) is 0 Å². The summed E-state index contributed by atoms with van der Waals surface area (Å²) < 4.78 is 42.4. The molecule has 4 aliphatic carbocycles. The van der Waals surface area contributed by atoms with Crippen molar-refractivity contribution in [2.75, 3.05) is 6.61 Å². The fourth-order valence-electron chi connectivity index (χ4n) is 13.8. The van der Waals surface area contributed by atoms with Crippen molar-refractivity contribution in [1.82, 2.24) is 0 Å². The molecule has 56 heavy (non-hydrogen) atoms. The van der Waals surface area contributed by atoms with Crippen LogP contribution in [0.15, 0.2) is 11.6 Å². The molecule has 0 unspecified atom stereocenters. The second-order valence-corrected chi connectivity index (χ2v) is 19.9. The van der Waals surface area contributed by atoms with Crippen LogP contribution in [0.25, 0.3) is 0 Å². The number of aliphatic hydroxyl groups excluding tert-OH is 5. The number of carbonyl (C=O) groups excluding carboxylic acids is 1. The zero-order valence-corrected chi connectivity index (χ0v) is 34.4.